The largest absolute Gasteiger partial charge is 0.478 e. The summed E-state index contributed by atoms with van der Waals surface area (Å²) >= 11 is 0. The summed E-state index contributed by atoms with van der Waals surface area (Å²) in [5.74, 6) is 0.302. The fourth-order valence-corrected chi connectivity index (χ4v) is 5.87. The minimum Gasteiger partial charge on any atom is -0.394 e. The predicted molar refractivity (Wildman–Crippen MR) is 137 cm³/mol. The molecule has 0 aliphatic carbocycles. The minimum atomic E-state index is -5.05. The van der Waals surface area contributed by atoms with Crippen LogP contribution in [0.1, 0.15) is 12.6 Å². The van der Waals surface area contributed by atoms with Crippen molar-refractivity contribution in [3.63, 3.8) is 0 Å². The molecule has 0 bridgehead atoms. The summed E-state index contributed by atoms with van der Waals surface area (Å²) in [5.41, 5.74) is 6.75. The first-order valence-electron chi connectivity index (χ1n) is 10.2. The van der Waals surface area contributed by atoms with E-state index < -0.39 is 65.4 Å². The van der Waals surface area contributed by atoms with Gasteiger partial charge in [-0.05, 0) is 0 Å². The quantitative estimate of drug-likeness (QED) is 0.116. The van der Waals surface area contributed by atoms with Crippen molar-refractivity contribution >= 4 is 63.9 Å². The van der Waals surface area contributed by atoms with Crippen molar-refractivity contribution in [3.05, 3.63) is 12.7 Å². The highest BCUT2D eigenvalue weighted by molar-refractivity contribution is 7.61. The summed E-state index contributed by atoms with van der Waals surface area (Å²) in [6, 6.07) is 0. The molecular formula is C10H25N5O24P6. The van der Waals surface area contributed by atoms with Crippen LogP contribution in [-0.2, 0) is 45.1 Å². The van der Waals surface area contributed by atoms with Gasteiger partial charge in [-0.25, -0.2) is 42.3 Å². The van der Waals surface area contributed by atoms with Gasteiger partial charge in [0, 0.05) is 6.42 Å². The third kappa shape index (κ3) is 21.5. The van der Waals surface area contributed by atoms with E-state index in [1.807, 2.05) is 0 Å². The first kappa shape index (κ1) is 44.0. The molecule has 0 radical (unpaired) electrons. The number of phosphoric acid groups is 6. The van der Waals surface area contributed by atoms with Gasteiger partial charge in [0.2, 0.25) is 0 Å². The molecule has 1 aliphatic rings. The molecule has 1 saturated heterocycles. The van der Waals surface area contributed by atoms with Gasteiger partial charge in [-0.15, -0.1) is 0 Å². The van der Waals surface area contributed by atoms with E-state index in [0.29, 0.717) is 23.4 Å². The van der Waals surface area contributed by atoms with Gasteiger partial charge in [0.05, 0.1) is 19.0 Å². The van der Waals surface area contributed by atoms with Gasteiger partial charge in [-0.1, -0.05) is 0 Å². The Bertz CT molecular complexity index is 1370. The molecule has 3 atom stereocenters. The van der Waals surface area contributed by atoms with Crippen LogP contribution in [0, 0.1) is 0 Å². The lowest BCUT2D eigenvalue weighted by atomic mass is 10.2. The van der Waals surface area contributed by atoms with Crippen molar-refractivity contribution in [2.75, 3.05) is 12.3 Å². The highest BCUT2D eigenvalue weighted by atomic mass is 31.3. The second-order valence-electron chi connectivity index (χ2n) is 7.39. The third-order valence-electron chi connectivity index (χ3n) is 3.72. The molecule has 2 aromatic heterocycles. The van der Waals surface area contributed by atoms with Gasteiger partial charge in [0.1, 0.15) is 24.2 Å². The summed E-state index contributed by atoms with van der Waals surface area (Å²) in [4.78, 5) is 105. The molecule has 0 amide bonds. The van der Waals surface area contributed by atoms with E-state index in [1.165, 1.54) is 6.33 Å². The Morgan fingerprint density at radius 1 is 0.733 bits per heavy atom. The Labute approximate surface area is 247 Å². The number of nitrogens with zero attached hydrogens (tertiary/aromatic N) is 4. The van der Waals surface area contributed by atoms with E-state index in [-0.39, 0.29) is 6.61 Å². The third-order valence-corrected chi connectivity index (χ3v) is 8.83. The van der Waals surface area contributed by atoms with E-state index in [9.17, 15) is 32.5 Å². The van der Waals surface area contributed by atoms with Crippen molar-refractivity contribution in [1.29, 1.82) is 0 Å². The number of rotatable bonds is 8. The highest BCUT2D eigenvalue weighted by Gasteiger charge is 2.35. The van der Waals surface area contributed by atoms with Gasteiger partial charge in [0.15, 0.2) is 11.5 Å². The topological polar surface area (TPSA) is 492 Å². The summed E-state index contributed by atoms with van der Waals surface area (Å²) in [7, 11) is -30.3. The lowest BCUT2D eigenvalue weighted by Crippen LogP contribution is -2.24. The second-order valence-corrected chi connectivity index (χ2v) is 15.2. The zero-order chi connectivity index (χ0) is 35.8. The number of nitrogen functional groups attached to an aromatic ring is 1. The maximum Gasteiger partial charge on any atom is 0.478 e. The van der Waals surface area contributed by atoms with Crippen molar-refractivity contribution in [1.82, 2.24) is 19.5 Å². The number of imidazole rings is 1. The van der Waals surface area contributed by atoms with Crippen LogP contribution in [0.5, 0.6) is 0 Å². The van der Waals surface area contributed by atoms with Crippen LogP contribution in [-0.4, -0.2) is 107 Å². The number of anilines is 1. The van der Waals surface area contributed by atoms with E-state index in [0.717, 1.165) is 0 Å². The minimum absolute atomic E-state index is 0.221. The van der Waals surface area contributed by atoms with Gasteiger partial charge < -0.3 is 79.4 Å². The van der Waals surface area contributed by atoms with Gasteiger partial charge in [-0.2, -0.15) is 12.9 Å². The zero-order valence-electron chi connectivity index (χ0n) is 21.2. The standard InChI is InChI=1S/C10H13N5O3.3H4O7P2/c11-9-8-10(13-3-12-9)15(4-14-8)7-1-5(17)6(2-16)18-7;3*1-8(2,3)7-9(4,5)6/h3-7,16-17H,1-2H2,(H2,11,12,13);3*(H2,1,2,3)(H2,4,5,6)/t5-,6+,7+;;;/m0.../s1. The van der Waals surface area contributed by atoms with Gasteiger partial charge >= 0.3 is 46.9 Å². The number of hydrogen-bond acceptors (Lipinski definition) is 16. The van der Waals surface area contributed by atoms with Gasteiger partial charge in [0.25, 0.3) is 0 Å². The molecule has 264 valence electrons. The lowest BCUT2D eigenvalue weighted by molar-refractivity contribution is -0.0432. The molecule has 0 spiro atoms. The summed E-state index contributed by atoms with van der Waals surface area (Å²) in [6.07, 6.45) is 1.60. The van der Waals surface area contributed by atoms with Crippen LogP contribution in [0.4, 0.5) is 5.82 Å². The second kappa shape index (κ2) is 16.9. The average Bonchev–Trinajstić information content (AvgIpc) is 3.31. The Kier molecular flexibility index (Phi) is 16.5. The molecule has 35 heteroatoms. The first-order valence-corrected chi connectivity index (χ1v) is 19.4. The lowest BCUT2D eigenvalue weighted by Gasteiger charge is -2.13. The Morgan fingerprint density at radius 3 is 1.40 bits per heavy atom. The normalized spacial score (nSPS) is 19.5. The van der Waals surface area contributed by atoms with E-state index in [2.05, 4.69) is 27.9 Å². The van der Waals surface area contributed by atoms with Crippen LogP contribution in [0.15, 0.2) is 12.7 Å². The number of ether oxygens (including phenoxy) is 1. The van der Waals surface area contributed by atoms with Crippen molar-refractivity contribution in [2.45, 2.75) is 24.9 Å². The number of aliphatic hydroxyl groups excluding tert-OH is 2. The number of aliphatic hydroxyl groups is 2. The maximum atomic E-state index is 9.71. The number of hydrogen-bond donors (Lipinski definition) is 15. The maximum absolute atomic E-state index is 9.71. The van der Waals surface area contributed by atoms with E-state index in [4.69, 9.17) is 74.3 Å². The van der Waals surface area contributed by atoms with Crippen molar-refractivity contribution in [2.24, 2.45) is 0 Å². The molecule has 1 aliphatic heterocycles. The van der Waals surface area contributed by atoms with E-state index in [1.54, 1.807) is 10.9 Å². The Hall–Kier alpha value is -0.990. The molecule has 0 saturated carbocycles. The van der Waals surface area contributed by atoms with Crippen LogP contribution < -0.4 is 5.73 Å². The molecule has 3 rings (SSSR count). The SMILES string of the molecule is Nc1ncnc2c1ncn2[C@H]1C[C@H](O)[C@@H](CO)O1.O=P(O)(O)OP(=O)(O)O.O=P(O)(O)OP(=O)(O)O.O=P(O)(O)OP(=O)(O)O. The molecule has 1 fully saturated rings. The van der Waals surface area contributed by atoms with Crippen LogP contribution in [0.25, 0.3) is 11.2 Å². The highest BCUT2D eigenvalue weighted by Crippen LogP contribution is 2.55. The number of aromatic nitrogens is 4. The smallest absolute Gasteiger partial charge is 0.394 e. The number of fused-ring (bicyclic) bond motifs is 1. The molecule has 45 heavy (non-hydrogen) atoms. The van der Waals surface area contributed by atoms with Gasteiger partial charge in [-0.3, -0.25) is 4.57 Å². The van der Waals surface area contributed by atoms with E-state index >= 15 is 0 Å². The van der Waals surface area contributed by atoms with Crippen LogP contribution in [0.2, 0.25) is 0 Å². The molecule has 2 aromatic rings. The molecule has 16 N–H and O–H groups in total. The summed E-state index contributed by atoms with van der Waals surface area (Å²) in [5, 5.41) is 18.8. The fourth-order valence-electron chi connectivity index (χ4n) is 2.55. The predicted octanol–water partition coefficient (Wildman–Crippen LogP) is -3.39. The molecular weight excluding hydrogens is 760 g/mol. The Balaban J connectivity index is 0.000000619. The monoisotopic (exact) mass is 785 g/mol. The summed E-state index contributed by atoms with van der Waals surface area (Å²) in [6.45, 7) is -0.221. The fraction of sp³-hybridized carbons (Fsp3) is 0.500. The summed E-state index contributed by atoms with van der Waals surface area (Å²) < 4.78 is 73.9. The Morgan fingerprint density at radius 2 is 1.11 bits per heavy atom. The van der Waals surface area contributed by atoms with Crippen LogP contribution >= 0.6 is 46.9 Å². The van der Waals surface area contributed by atoms with Crippen LogP contribution in [0.3, 0.4) is 0 Å². The molecule has 0 unspecified atom stereocenters. The molecule has 0 aromatic carbocycles. The zero-order valence-corrected chi connectivity index (χ0v) is 26.6. The first-order chi connectivity index (χ1) is 19.8. The average molecular weight is 785 g/mol. The molecule has 29 nitrogen and oxygen atoms in total. The number of nitrogens with two attached hydrogens (primary N) is 1. The molecule has 3 heterocycles. The van der Waals surface area contributed by atoms with Crippen molar-refractivity contribution in [3.8, 4) is 0 Å². The van der Waals surface area contributed by atoms with Crippen molar-refractivity contribution < 1.29 is 114 Å².